The summed E-state index contributed by atoms with van der Waals surface area (Å²) in [5.41, 5.74) is 0. The van der Waals surface area contributed by atoms with Crippen LogP contribution in [0.25, 0.3) is 0 Å². The van der Waals surface area contributed by atoms with Gasteiger partial charge in [-0.15, -0.1) is 0 Å². The van der Waals surface area contributed by atoms with E-state index >= 15 is 0 Å². The molecule has 1 heterocycles. The first-order valence-corrected chi connectivity index (χ1v) is 7.81. The van der Waals surface area contributed by atoms with Gasteiger partial charge in [0.05, 0.1) is 0 Å². The molecule has 17 heavy (non-hydrogen) atoms. The van der Waals surface area contributed by atoms with E-state index < -0.39 is 10.2 Å². The molecule has 1 fully saturated rings. The van der Waals surface area contributed by atoms with E-state index in [2.05, 4.69) is 21.7 Å². The Hall–Kier alpha value is -0.170. The summed E-state index contributed by atoms with van der Waals surface area (Å²) in [5.74, 6) is 0.313. The second-order valence-electron chi connectivity index (χ2n) is 5.40. The van der Waals surface area contributed by atoms with Crippen LogP contribution < -0.4 is 14.8 Å². The lowest BCUT2D eigenvalue weighted by Crippen LogP contribution is -2.56. The van der Waals surface area contributed by atoms with E-state index in [4.69, 9.17) is 0 Å². The first kappa shape index (κ1) is 14.9. The van der Waals surface area contributed by atoms with Crippen molar-refractivity contribution in [3.8, 4) is 0 Å². The minimum absolute atomic E-state index is 0.0177. The molecule has 6 heteroatoms. The molecule has 0 amide bonds. The highest BCUT2D eigenvalue weighted by Crippen LogP contribution is 2.13. The van der Waals surface area contributed by atoms with Gasteiger partial charge in [0.25, 0.3) is 10.2 Å². The van der Waals surface area contributed by atoms with Crippen LogP contribution in [0.4, 0.5) is 0 Å². The number of nitrogens with one attached hydrogen (secondary N) is 3. The topological polar surface area (TPSA) is 70.2 Å². The fraction of sp³-hybridized carbons (Fsp3) is 1.00. The first-order valence-electron chi connectivity index (χ1n) is 6.33. The molecule has 1 aliphatic heterocycles. The van der Waals surface area contributed by atoms with Crippen LogP contribution in [-0.2, 0) is 10.2 Å². The molecule has 0 saturated carbocycles. The maximum absolute atomic E-state index is 11.8. The lowest BCUT2D eigenvalue weighted by molar-refractivity contribution is 0.296. The summed E-state index contributed by atoms with van der Waals surface area (Å²) in [5, 5.41) is 3.36. The summed E-state index contributed by atoms with van der Waals surface area (Å²) in [7, 11) is -3.37. The van der Waals surface area contributed by atoms with E-state index in [9.17, 15) is 8.42 Å². The van der Waals surface area contributed by atoms with Gasteiger partial charge in [0.2, 0.25) is 0 Å². The van der Waals surface area contributed by atoms with Gasteiger partial charge >= 0.3 is 0 Å². The van der Waals surface area contributed by atoms with Gasteiger partial charge in [-0.25, -0.2) is 4.72 Å². The molecule has 5 nitrogen and oxygen atoms in total. The SMILES string of the molecule is CC(C)CNS(=O)(=O)NC1CCC(C)NC1C. The second kappa shape index (κ2) is 6.13. The number of hydrogen-bond donors (Lipinski definition) is 3. The zero-order valence-electron chi connectivity index (χ0n) is 11.2. The highest BCUT2D eigenvalue weighted by atomic mass is 32.2. The summed E-state index contributed by atoms with van der Waals surface area (Å²) in [6, 6.07) is 0.625. The van der Waals surface area contributed by atoms with Gasteiger partial charge in [0.15, 0.2) is 0 Å². The van der Waals surface area contributed by atoms with E-state index in [1.165, 1.54) is 0 Å². The third-order valence-corrected chi connectivity index (χ3v) is 4.21. The Morgan fingerprint density at radius 2 is 1.94 bits per heavy atom. The molecule has 0 spiro atoms. The van der Waals surface area contributed by atoms with Crippen molar-refractivity contribution >= 4 is 10.2 Å². The number of piperidine rings is 1. The van der Waals surface area contributed by atoms with Crippen molar-refractivity contribution in [2.45, 2.75) is 58.7 Å². The molecule has 1 saturated heterocycles. The minimum Gasteiger partial charge on any atom is -0.310 e. The zero-order valence-corrected chi connectivity index (χ0v) is 12.0. The summed E-state index contributed by atoms with van der Waals surface area (Å²) in [6.07, 6.45) is 1.89. The van der Waals surface area contributed by atoms with Gasteiger partial charge in [-0.3, -0.25) is 0 Å². The molecule has 102 valence electrons. The maximum atomic E-state index is 11.8. The Balaban J connectivity index is 2.47. The van der Waals surface area contributed by atoms with Crippen LogP contribution in [0.2, 0.25) is 0 Å². The Bertz CT molecular complexity index is 330. The van der Waals surface area contributed by atoms with Crippen molar-refractivity contribution in [2.24, 2.45) is 5.92 Å². The predicted octanol–water partition coefficient (Wildman–Crippen LogP) is 0.595. The molecule has 3 atom stereocenters. The van der Waals surface area contributed by atoms with Crippen LogP contribution in [0.15, 0.2) is 0 Å². The molecule has 0 aliphatic carbocycles. The van der Waals surface area contributed by atoms with Crippen LogP contribution in [0, 0.1) is 5.92 Å². The van der Waals surface area contributed by atoms with Gasteiger partial charge in [-0.2, -0.15) is 13.1 Å². The van der Waals surface area contributed by atoms with E-state index in [0.29, 0.717) is 18.5 Å². The van der Waals surface area contributed by atoms with Crippen molar-refractivity contribution in [1.82, 2.24) is 14.8 Å². The predicted molar refractivity (Wildman–Crippen MR) is 70.0 cm³/mol. The number of hydrogen-bond acceptors (Lipinski definition) is 3. The fourth-order valence-corrected chi connectivity index (χ4v) is 3.36. The van der Waals surface area contributed by atoms with Crippen LogP contribution >= 0.6 is 0 Å². The van der Waals surface area contributed by atoms with Gasteiger partial charge in [0.1, 0.15) is 0 Å². The van der Waals surface area contributed by atoms with E-state index in [-0.39, 0.29) is 12.1 Å². The zero-order chi connectivity index (χ0) is 13.1. The highest BCUT2D eigenvalue weighted by molar-refractivity contribution is 7.87. The maximum Gasteiger partial charge on any atom is 0.277 e. The van der Waals surface area contributed by atoms with Crippen LogP contribution in [-0.4, -0.2) is 33.1 Å². The lowest BCUT2D eigenvalue weighted by Gasteiger charge is -2.34. The standard InChI is InChI=1S/C11H25N3O2S/c1-8(2)7-12-17(15,16)14-11-6-5-9(3)13-10(11)4/h8-14H,5-7H2,1-4H3. The Morgan fingerprint density at radius 1 is 1.29 bits per heavy atom. The average Bonchev–Trinajstić information content (AvgIpc) is 2.20. The van der Waals surface area contributed by atoms with Crippen LogP contribution in [0.5, 0.6) is 0 Å². The van der Waals surface area contributed by atoms with Crippen LogP contribution in [0.1, 0.15) is 40.5 Å². The van der Waals surface area contributed by atoms with Gasteiger partial charge in [0, 0.05) is 24.7 Å². The highest BCUT2D eigenvalue weighted by Gasteiger charge is 2.27. The molecular formula is C11H25N3O2S. The molecule has 0 aromatic carbocycles. The third kappa shape index (κ3) is 5.33. The molecular weight excluding hydrogens is 238 g/mol. The van der Waals surface area contributed by atoms with Crippen molar-refractivity contribution in [3.63, 3.8) is 0 Å². The molecule has 3 unspecified atom stereocenters. The lowest BCUT2D eigenvalue weighted by atomic mass is 9.96. The van der Waals surface area contributed by atoms with Gasteiger partial charge < -0.3 is 5.32 Å². The Labute approximate surface area is 105 Å². The van der Waals surface area contributed by atoms with E-state index in [1.807, 2.05) is 20.8 Å². The Kier molecular flexibility index (Phi) is 5.37. The molecule has 1 rings (SSSR count). The molecule has 0 radical (unpaired) electrons. The smallest absolute Gasteiger partial charge is 0.277 e. The van der Waals surface area contributed by atoms with Crippen molar-refractivity contribution in [2.75, 3.05) is 6.54 Å². The summed E-state index contributed by atoms with van der Waals surface area (Å²) < 4.78 is 28.9. The molecule has 0 bridgehead atoms. The molecule has 1 aliphatic rings. The normalized spacial score (nSPS) is 30.8. The molecule has 3 N–H and O–H groups in total. The van der Waals surface area contributed by atoms with Gasteiger partial charge in [-0.05, 0) is 32.6 Å². The van der Waals surface area contributed by atoms with E-state index in [1.54, 1.807) is 0 Å². The van der Waals surface area contributed by atoms with Gasteiger partial charge in [-0.1, -0.05) is 13.8 Å². The van der Waals surface area contributed by atoms with Crippen molar-refractivity contribution in [1.29, 1.82) is 0 Å². The summed E-state index contributed by atoms with van der Waals surface area (Å²) >= 11 is 0. The Morgan fingerprint density at radius 3 is 2.47 bits per heavy atom. The minimum atomic E-state index is -3.37. The van der Waals surface area contributed by atoms with Crippen LogP contribution in [0.3, 0.4) is 0 Å². The summed E-state index contributed by atoms with van der Waals surface area (Å²) in [4.78, 5) is 0. The summed E-state index contributed by atoms with van der Waals surface area (Å²) in [6.45, 7) is 8.58. The quantitative estimate of drug-likeness (QED) is 0.680. The monoisotopic (exact) mass is 263 g/mol. The number of rotatable bonds is 5. The average molecular weight is 263 g/mol. The third-order valence-electron chi connectivity index (χ3n) is 3.05. The molecule has 0 aromatic rings. The molecule has 0 aromatic heterocycles. The van der Waals surface area contributed by atoms with E-state index in [0.717, 1.165) is 12.8 Å². The van der Waals surface area contributed by atoms with Crippen molar-refractivity contribution in [3.05, 3.63) is 0 Å². The largest absolute Gasteiger partial charge is 0.310 e. The second-order valence-corrected chi connectivity index (χ2v) is 6.94. The van der Waals surface area contributed by atoms with Crippen molar-refractivity contribution < 1.29 is 8.42 Å². The fourth-order valence-electron chi connectivity index (χ4n) is 2.01. The first-order chi connectivity index (χ1) is 7.80.